The van der Waals surface area contributed by atoms with E-state index in [1.165, 1.54) is 60.8 Å². The summed E-state index contributed by atoms with van der Waals surface area (Å²) < 4.78 is 0. The van der Waals surface area contributed by atoms with Crippen LogP contribution in [0.15, 0.2) is 60.7 Å². The summed E-state index contributed by atoms with van der Waals surface area (Å²) in [5, 5.41) is 0. The van der Waals surface area contributed by atoms with Gasteiger partial charge in [-0.05, 0) is 22.3 Å². The summed E-state index contributed by atoms with van der Waals surface area (Å²) in [4.78, 5) is 0. The molecule has 34 heavy (non-hydrogen) atoms. The number of allylic oxidation sites excluding steroid dienone is 2. The zero-order chi connectivity index (χ0) is 25.0. The quantitative estimate of drug-likeness (QED) is 0.163. The van der Waals surface area contributed by atoms with Crippen molar-refractivity contribution in [3.63, 3.8) is 0 Å². The molecule has 2 aliphatic carbocycles. The molecule has 0 bridgehead atoms. The summed E-state index contributed by atoms with van der Waals surface area (Å²) in [7, 11) is 11.0. The van der Waals surface area contributed by atoms with Gasteiger partial charge in [0, 0.05) is 21.4 Å². The Kier molecular flexibility index (Phi) is 19.3. The minimum absolute atomic E-state index is 0.661. The normalized spacial score (nSPS) is 16.1. The second kappa shape index (κ2) is 20.8. The monoisotopic (exact) mass is 588 g/mol. The Labute approximate surface area is 231 Å². The van der Waals surface area contributed by atoms with Gasteiger partial charge in [0.25, 0.3) is 0 Å². The van der Waals surface area contributed by atoms with Gasteiger partial charge < -0.3 is 12.8 Å². The molecule has 0 N–H and O–H groups in total. The third kappa shape index (κ3) is 12.0. The first-order valence-electron chi connectivity index (χ1n) is 12.4. The molecule has 2 radical (unpaired) electrons. The molecule has 4 rings (SSSR count). The molecule has 0 nitrogen and oxygen atoms in total. The molecule has 0 heterocycles. The first-order chi connectivity index (χ1) is 16.7. The van der Waals surface area contributed by atoms with E-state index in [1.807, 2.05) is 0 Å². The third-order valence-electron chi connectivity index (χ3n) is 5.75. The van der Waals surface area contributed by atoms with Crippen LogP contribution in [-0.2, 0) is 20.8 Å². The van der Waals surface area contributed by atoms with Gasteiger partial charge >= 0.3 is 37.9 Å². The molecule has 2 atom stereocenters. The summed E-state index contributed by atoms with van der Waals surface area (Å²) in [6.07, 6.45) is 21.3. The van der Waals surface area contributed by atoms with E-state index in [2.05, 4.69) is 113 Å². The van der Waals surface area contributed by atoms with E-state index < -0.39 is 20.8 Å². The van der Waals surface area contributed by atoms with Gasteiger partial charge in [0.15, 0.2) is 0 Å². The molecule has 0 aromatic heterocycles. The molecule has 0 spiro atoms. The molecule has 2 aromatic rings. The van der Waals surface area contributed by atoms with Gasteiger partial charge in [-0.25, -0.2) is 0 Å². The van der Waals surface area contributed by atoms with E-state index >= 15 is 0 Å². The fourth-order valence-corrected chi connectivity index (χ4v) is 4.15. The Hall–Kier alpha value is -0.400. The van der Waals surface area contributed by atoms with Crippen LogP contribution in [0.4, 0.5) is 0 Å². The van der Waals surface area contributed by atoms with Gasteiger partial charge in [0.1, 0.15) is 0 Å². The van der Waals surface area contributed by atoms with Crippen LogP contribution >= 0.6 is 17.0 Å². The van der Waals surface area contributed by atoms with Crippen molar-refractivity contribution < 1.29 is 20.8 Å². The van der Waals surface area contributed by atoms with Crippen molar-refractivity contribution in [2.75, 3.05) is 0 Å². The van der Waals surface area contributed by atoms with Crippen LogP contribution < -0.4 is 0 Å². The molecule has 182 valence electrons. The Morgan fingerprint density at radius 1 is 0.735 bits per heavy atom. The zero-order valence-corrected chi connectivity index (χ0v) is 26.2. The number of rotatable bonds is 8. The molecule has 2 aliphatic rings. The molecule has 2 aromatic carbocycles. The van der Waals surface area contributed by atoms with E-state index in [4.69, 9.17) is 17.0 Å². The summed E-state index contributed by atoms with van der Waals surface area (Å²) in [5.41, 5.74) is 5.84. The van der Waals surface area contributed by atoms with Crippen LogP contribution in [0, 0.1) is 12.8 Å². The number of hydrogen-bond acceptors (Lipinski definition) is 0. The fraction of sp³-hybridized carbons (Fsp3) is 0.400. The molecule has 0 saturated heterocycles. The van der Waals surface area contributed by atoms with E-state index in [9.17, 15) is 0 Å². The van der Waals surface area contributed by atoms with Crippen LogP contribution in [0.3, 0.4) is 0 Å². The van der Waals surface area contributed by atoms with E-state index in [-0.39, 0.29) is 0 Å². The van der Waals surface area contributed by atoms with E-state index in [0.717, 1.165) is 9.52 Å². The van der Waals surface area contributed by atoms with Crippen molar-refractivity contribution in [3.05, 3.63) is 95.8 Å². The zero-order valence-electron chi connectivity index (χ0n) is 21.2. The van der Waals surface area contributed by atoms with Crippen LogP contribution in [0.25, 0.3) is 12.2 Å². The second-order valence-corrected chi connectivity index (χ2v) is 13.0. The Morgan fingerprint density at radius 2 is 1.09 bits per heavy atom. The molecule has 0 fully saturated rings. The van der Waals surface area contributed by atoms with E-state index in [1.54, 1.807) is 0 Å². The predicted molar refractivity (Wildman–Crippen MR) is 153 cm³/mol. The van der Waals surface area contributed by atoms with Crippen LogP contribution in [0.5, 0.6) is 0 Å². The van der Waals surface area contributed by atoms with Crippen molar-refractivity contribution in [2.24, 2.45) is 0 Å². The Morgan fingerprint density at radius 3 is 1.44 bits per heavy atom. The summed E-state index contributed by atoms with van der Waals surface area (Å²) >= 11 is -0.826. The molecular formula is C30H40Cl2SiZr. The number of unbranched alkanes of at least 4 members (excludes halogenated alkanes) is 4. The number of fused-ring (bicyclic) bond motifs is 2. The van der Waals surface area contributed by atoms with Crippen LogP contribution in [0.2, 0.25) is 13.1 Å². The topological polar surface area (TPSA) is 0 Å². The average molecular weight is 591 g/mol. The first kappa shape index (κ1) is 31.6. The van der Waals surface area contributed by atoms with Crippen LogP contribution in [0.1, 0.15) is 86.5 Å². The predicted octanol–water partition coefficient (Wildman–Crippen LogP) is 10.5. The third-order valence-corrected chi connectivity index (χ3v) is 5.75. The van der Waals surface area contributed by atoms with Crippen molar-refractivity contribution in [3.8, 4) is 0 Å². The Balaban J connectivity index is 0.000000277. The molecule has 0 saturated carbocycles. The van der Waals surface area contributed by atoms with Crippen molar-refractivity contribution in [1.29, 1.82) is 0 Å². The van der Waals surface area contributed by atoms with Gasteiger partial charge in [0.2, 0.25) is 0 Å². The first-order valence-corrected chi connectivity index (χ1v) is 20.7. The molecular weight excluding hydrogens is 551 g/mol. The maximum absolute atomic E-state index is 4.93. The SMILES string of the molecule is CC[CH-]CCC1C=Cc2ccccc21.CC[CH-]CCC1C=Cc2ccccc21.C[Si]C.[Cl][Zr+2][Cl]. The molecule has 0 amide bonds. The maximum atomic E-state index is 4.93. The van der Waals surface area contributed by atoms with Crippen molar-refractivity contribution in [2.45, 2.75) is 77.3 Å². The van der Waals surface area contributed by atoms with E-state index in [0.29, 0.717) is 11.8 Å². The molecule has 4 heteroatoms. The van der Waals surface area contributed by atoms with Gasteiger partial charge in [0.05, 0.1) is 0 Å². The van der Waals surface area contributed by atoms with Gasteiger partial charge in [-0.1, -0.05) is 113 Å². The number of hydrogen-bond donors (Lipinski definition) is 0. The molecule has 2 unspecified atom stereocenters. The van der Waals surface area contributed by atoms with Gasteiger partial charge in [-0.15, -0.1) is 0 Å². The van der Waals surface area contributed by atoms with Crippen LogP contribution in [-0.4, -0.2) is 9.52 Å². The minimum atomic E-state index is -0.826. The van der Waals surface area contributed by atoms with Crippen molar-refractivity contribution in [1.82, 2.24) is 0 Å². The number of benzene rings is 2. The van der Waals surface area contributed by atoms with Gasteiger partial charge in [-0.3, -0.25) is 0 Å². The van der Waals surface area contributed by atoms with Gasteiger partial charge in [-0.2, -0.15) is 25.7 Å². The summed E-state index contributed by atoms with van der Waals surface area (Å²) in [6.45, 7) is 8.72. The molecule has 0 aliphatic heterocycles. The second-order valence-electron chi connectivity index (χ2n) is 8.31. The average Bonchev–Trinajstić information content (AvgIpc) is 3.46. The standard InChI is InChI=1S/2C14H17.C2H6Si.2ClH.Zr/c2*1-2-3-4-7-12-10-11-13-8-5-6-9-14(12)13;1-3-2;;;/h2*3,5-6,8-12H,2,4,7H2,1H3;1-2H3;2*1H;/q2*-1;;;;+4/p-2. The summed E-state index contributed by atoms with van der Waals surface area (Å²) in [6, 6.07) is 17.4. The Bertz CT molecular complexity index is 765. The fourth-order valence-electron chi connectivity index (χ4n) is 4.15. The summed E-state index contributed by atoms with van der Waals surface area (Å²) in [5.74, 6) is 1.32. The number of halogens is 2. The van der Waals surface area contributed by atoms with Crippen molar-refractivity contribution >= 4 is 38.7 Å².